The van der Waals surface area contributed by atoms with Crippen molar-refractivity contribution in [1.29, 1.82) is 0 Å². The molecule has 0 aliphatic rings. The van der Waals surface area contributed by atoms with Crippen LogP contribution in [-0.2, 0) is 0 Å². The minimum atomic E-state index is -1.09. The number of hydrogen-bond acceptors (Lipinski definition) is 1. The fraction of sp³-hybridized carbons (Fsp3) is 0.222. The molecule has 0 spiro atoms. The monoisotopic (exact) mass is 168 g/mol. The zero-order valence-corrected chi connectivity index (χ0v) is 6.89. The standard InChI is InChI=1S/C9H9FO2/c1-5-3-4-7(9(11)12)6(2)8(5)10/h3-4H,1-2H3,(H,11,12). The van der Waals surface area contributed by atoms with E-state index in [4.69, 9.17) is 5.11 Å². The number of hydrogen-bond donors (Lipinski definition) is 1. The lowest BCUT2D eigenvalue weighted by Gasteiger charge is -2.03. The van der Waals surface area contributed by atoms with Gasteiger partial charge in [0.05, 0.1) is 5.56 Å². The van der Waals surface area contributed by atoms with E-state index in [9.17, 15) is 9.18 Å². The van der Waals surface area contributed by atoms with Gasteiger partial charge in [-0.05, 0) is 31.0 Å². The van der Waals surface area contributed by atoms with Crippen molar-refractivity contribution < 1.29 is 14.3 Å². The van der Waals surface area contributed by atoms with E-state index in [1.807, 2.05) is 0 Å². The van der Waals surface area contributed by atoms with Crippen molar-refractivity contribution in [2.45, 2.75) is 13.8 Å². The summed E-state index contributed by atoms with van der Waals surface area (Å²) in [7, 11) is 0. The molecule has 1 N–H and O–H groups in total. The second-order valence-electron chi connectivity index (χ2n) is 2.67. The van der Waals surface area contributed by atoms with Crippen LogP contribution in [0, 0.1) is 19.7 Å². The van der Waals surface area contributed by atoms with Gasteiger partial charge in [-0.2, -0.15) is 0 Å². The van der Waals surface area contributed by atoms with Gasteiger partial charge in [0.15, 0.2) is 0 Å². The van der Waals surface area contributed by atoms with Gasteiger partial charge in [0.25, 0.3) is 0 Å². The summed E-state index contributed by atoms with van der Waals surface area (Å²) in [5.41, 5.74) is 0.693. The Morgan fingerprint density at radius 1 is 1.42 bits per heavy atom. The highest BCUT2D eigenvalue weighted by atomic mass is 19.1. The van der Waals surface area contributed by atoms with Crippen LogP contribution < -0.4 is 0 Å². The molecule has 0 bridgehead atoms. The lowest BCUT2D eigenvalue weighted by atomic mass is 10.1. The highest BCUT2D eigenvalue weighted by molar-refractivity contribution is 5.89. The van der Waals surface area contributed by atoms with E-state index < -0.39 is 11.8 Å². The fourth-order valence-corrected chi connectivity index (χ4v) is 1.05. The third kappa shape index (κ3) is 1.30. The first kappa shape index (κ1) is 8.71. The van der Waals surface area contributed by atoms with Crippen LogP contribution in [0.25, 0.3) is 0 Å². The van der Waals surface area contributed by atoms with E-state index in [0.29, 0.717) is 5.56 Å². The van der Waals surface area contributed by atoms with Crippen LogP contribution in [0.5, 0.6) is 0 Å². The summed E-state index contributed by atoms with van der Waals surface area (Å²) < 4.78 is 13.1. The maximum Gasteiger partial charge on any atom is 0.336 e. The Kier molecular flexibility index (Phi) is 2.13. The van der Waals surface area contributed by atoms with Gasteiger partial charge in [-0.25, -0.2) is 9.18 Å². The van der Waals surface area contributed by atoms with Gasteiger partial charge in [0, 0.05) is 0 Å². The molecule has 3 heteroatoms. The molecular formula is C9H9FO2. The zero-order chi connectivity index (χ0) is 9.30. The minimum Gasteiger partial charge on any atom is -0.478 e. The highest BCUT2D eigenvalue weighted by Crippen LogP contribution is 2.15. The second-order valence-corrected chi connectivity index (χ2v) is 2.67. The SMILES string of the molecule is Cc1ccc(C(=O)O)c(C)c1F. The van der Waals surface area contributed by atoms with Crippen molar-refractivity contribution >= 4 is 5.97 Å². The van der Waals surface area contributed by atoms with Crippen LogP contribution >= 0.6 is 0 Å². The number of carboxylic acid groups (broad SMARTS) is 1. The van der Waals surface area contributed by atoms with Gasteiger partial charge in [-0.3, -0.25) is 0 Å². The van der Waals surface area contributed by atoms with Gasteiger partial charge >= 0.3 is 5.97 Å². The van der Waals surface area contributed by atoms with Crippen molar-refractivity contribution in [2.24, 2.45) is 0 Å². The minimum absolute atomic E-state index is 0.0260. The summed E-state index contributed by atoms with van der Waals surface area (Å²) in [5, 5.41) is 8.61. The van der Waals surface area contributed by atoms with Crippen LogP contribution in [0.2, 0.25) is 0 Å². The molecular weight excluding hydrogens is 159 g/mol. The van der Waals surface area contributed by atoms with Crippen LogP contribution in [0.3, 0.4) is 0 Å². The Morgan fingerprint density at radius 3 is 2.50 bits per heavy atom. The largest absolute Gasteiger partial charge is 0.478 e. The molecule has 0 unspecified atom stereocenters. The van der Waals surface area contributed by atoms with Crippen molar-refractivity contribution in [3.8, 4) is 0 Å². The number of rotatable bonds is 1. The van der Waals surface area contributed by atoms with E-state index in [-0.39, 0.29) is 11.1 Å². The van der Waals surface area contributed by atoms with E-state index in [0.717, 1.165) is 0 Å². The average Bonchev–Trinajstić information content (AvgIpc) is 2.00. The molecule has 64 valence electrons. The normalized spacial score (nSPS) is 9.92. The lowest BCUT2D eigenvalue weighted by Crippen LogP contribution is -2.02. The summed E-state index contributed by atoms with van der Waals surface area (Å²) in [6, 6.07) is 2.88. The molecule has 0 radical (unpaired) electrons. The number of carbonyl (C=O) groups is 1. The van der Waals surface area contributed by atoms with Gasteiger partial charge in [-0.1, -0.05) is 6.07 Å². The Morgan fingerprint density at radius 2 is 2.00 bits per heavy atom. The molecule has 0 aliphatic carbocycles. The van der Waals surface area contributed by atoms with Crippen LogP contribution in [0.4, 0.5) is 4.39 Å². The molecule has 0 amide bonds. The Hall–Kier alpha value is -1.38. The van der Waals surface area contributed by atoms with Crippen molar-refractivity contribution in [3.63, 3.8) is 0 Å². The molecule has 0 saturated heterocycles. The molecule has 2 nitrogen and oxygen atoms in total. The molecule has 0 aromatic heterocycles. The van der Waals surface area contributed by atoms with Gasteiger partial charge in [0.2, 0.25) is 0 Å². The molecule has 0 heterocycles. The predicted octanol–water partition coefficient (Wildman–Crippen LogP) is 2.14. The van der Waals surface area contributed by atoms with E-state index in [1.165, 1.54) is 19.1 Å². The summed E-state index contributed by atoms with van der Waals surface area (Å²) in [4.78, 5) is 10.5. The van der Waals surface area contributed by atoms with Gasteiger partial charge < -0.3 is 5.11 Å². The Bertz CT molecular complexity index is 332. The molecule has 0 aliphatic heterocycles. The Balaban J connectivity index is 3.36. The molecule has 0 atom stereocenters. The van der Waals surface area contributed by atoms with Gasteiger partial charge in [-0.15, -0.1) is 0 Å². The number of aromatic carboxylic acids is 1. The molecule has 12 heavy (non-hydrogen) atoms. The van der Waals surface area contributed by atoms with E-state index in [2.05, 4.69) is 0 Å². The second kappa shape index (κ2) is 2.93. The molecule has 0 saturated carbocycles. The third-order valence-corrected chi connectivity index (χ3v) is 1.81. The van der Waals surface area contributed by atoms with Gasteiger partial charge in [0.1, 0.15) is 5.82 Å². The molecule has 1 aromatic rings. The first-order chi connectivity index (χ1) is 5.54. The summed E-state index contributed by atoms with van der Waals surface area (Å²) in [5.74, 6) is -1.53. The van der Waals surface area contributed by atoms with Crippen molar-refractivity contribution in [3.05, 3.63) is 34.6 Å². The maximum atomic E-state index is 13.1. The number of aryl methyl sites for hydroxylation is 1. The fourth-order valence-electron chi connectivity index (χ4n) is 1.05. The van der Waals surface area contributed by atoms with Crippen molar-refractivity contribution in [2.75, 3.05) is 0 Å². The van der Waals surface area contributed by atoms with Crippen LogP contribution in [0.15, 0.2) is 12.1 Å². The topological polar surface area (TPSA) is 37.3 Å². The number of benzene rings is 1. The smallest absolute Gasteiger partial charge is 0.336 e. The van der Waals surface area contributed by atoms with E-state index >= 15 is 0 Å². The molecule has 0 fully saturated rings. The van der Waals surface area contributed by atoms with Crippen LogP contribution in [0.1, 0.15) is 21.5 Å². The van der Waals surface area contributed by atoms with Crippen LogP contribution in [-0.4, -0.2) is 11.1 Å². The zero-order valence-electron chi connectivity index (χ0n) is 6.89. The number of carboxylic acids is 1. The first-order valence-electron chi connectivity index (χ1n) is 3.53. The third-order valence-electron chi connectivity index (χ3n) is 1.81. The predicted molar refractivity (Wildman–Crippen MR) is 42.8 cm³/mol. The average molecular weight is 168 g/mol. The first-order valence-corrected chi connectivity index (χ1v) is 3.53. The van der Waals surface area contributed by atoms with E-state index in [1.54, 1.807) is 6.92 Å². The highest BCUT2D eigenvalue weighted by Gasteiger charge is 2.11. The summed E-state index contributed by atoms with van der Waals surface area (Å²) in [6.45, 7) is 3.07. The van der Waals surface area contributed by atoms with Crippen molar-refractivity contribution in [1.82, 2.24) is 0 Å². The quantitative estimate of drug-likeness (QED) is 0.697. The molecule has 1 aromatic carbocycles. The Labute approximate surface area is 69.6 Å². The molecule has 1 rings (SSSR count). The lowest BCUT2D eigenvalue weighted by molar-refractivity contribution is 0.0695. The number of halogens is 1. The summed E-state index contributed by atoms with van der Waals surface area (Å²) in [6.07, 6.45) is 0. The maximum absolute atomic E-state index is 13.1. The summed E-state index contributed by atoms with van der Waals surface area (Å²) >= 11 is 0.